The highest BCUT2D eigenvalue weighted by molar-refractivity contribution is 5.28. The van der Waals surface area contributed by atoms with Crippen LogP contribution in [0.15, 0.2) is 24.3 Å². The average Bonchev–Trinajstić information content (AvgIpc) is 2.35. The van der Waals surface area contributed by atoms with E-state index in [9.17, 15) is 5.11 Å². The molecule has 1 nitrogen and oxygen atoms in total. The lowest BCUT2D eigenvalue weighted by atomic mass is 9.63. The molecule has 0 heterocycles. The lowest BCUT2D eigenvalue weighted by Crippen LogP contribution is -2.41. The van der Waals surface area contributed by atoms with Crippen molar-refractivity contribution in [2.24, 2.45) is 11.3 Å². The Morgan fingerprint density at radius 3 is 2.32 bits per heavy atom. The molecule has 2 rings (SSSR count). The van der Waals surface area contributed by atoms with Gasteiger partial charge < -0.3 is 5.11 Å². The molecule has 1 N–H and O–H groups in total. The summed E-state index contributed by atoms with van der Waals surface area (Å²) in [5.74, 6) is 0.327. The quantitative estimate of drug-likeness (QED) is 0.837. The highest BCUT2D eigenvalue weighted by Crippen LogP contribution is 2.48. The van der Waals surface area contributed by atoms with E-state index in [0.29, 0.717) is 11.3 Å². The summed E-state index contributed by atoms with van der Waals surface area (Å²) >= 11 is 0. The molecule has 1 heteroatoms. The van der Waals surface area contributed by atoms with Crippen molar-refractivity contribution in [1.82, 2.24) is 0 Å². The molecule has 1 aromatic carbocycles. The van der Waals surface area contributed by atoms with Crippen LogP contribution in [0.4, 0.5) is 0 Å². The van der Waals surface area contributed by atoms with Gasteiger partial charge in [-0.05, 0) is 48.1 Å². The molecule has 1 aliphatic carbocycles. The Morgan fingerprint density at radius 1 is 1.16 bits per heavy atom. The fourth-order valence-electron chi connectivity index (χ4n) is 3.55. The molecular weight excluding hydrogens is 232 g/mol. The van der Waals surface area contributed by atoms with Crippen LogP contribution in [0.2, 0.25) is 0 Å². The van der Waals surface area contributed by atoms with Crippen molar-refractivity contribution in [2.45, 2.75) is 65.4 Å². The summed E-state index contributed by atoms with van der Waals surface area (Å²) < 4.78 is 0. The molecule has 0 aromatic heterocycles. The van der Waals surface area contributed by atoms with Gasteiger partial charge in [-0.15, -0.1) is 0 Å². The molecule has 1 fully saturated rings. The van der Waals surface area contributed by atoms with Gasteiger partial charge in [0.05, 0.1) is 5.60 Å². The van der Waals surface area contributed by atoms with Crippen LogP contribution in [0.1, 0.15) is 64.5 Å². The molecular formula is C18H28O. The standard InChI is InChI=1S/C18H28O/c1-5-6-15-7-9-16(10-8-15)18(19)12-11-17(3,4)13-14(18)2/h7-10,14,19H,5-6,11-13H2,1-4H3. The number of rotatable bonds is 3. The predicted octanol–water partition coefficient (Wildman–Crippen LogP) is 4.67. The van der Waals surface area contributed by atoms with E-state index in [2.05, 4.69) is 52.0 Å². The zero-order valence-electron chi connectivity index (χ0n) is 12.9. The van der Waals surface area contributed by atoms with Gasteiger partial charge in [0.15, 0.2) is 0 Å². The molecule has 0 spiro atoms. The summed E-state index contributed by atoms with van der Waals surface area (Å²) in [4.78, 5) is 0. The fraction of sp³-hybridized carbons (Fsp3) is 0.667. The third kappa shape index (κ3) is 3.02. The number of hydrogen-bond donors (Lipinski definition) is 1. The topological polar surface area (TPSA) is 20.2 Å². The van der Waals surface area contributed by atoms with Crippen molar-refractivity contribution in [3.63, 3.8) is 0 Å². The van der Waals surface area contributed by atoms with E-state index in [1.54, 1.807) is 0 Å². The van der Waals surface area contributed by atoms with E-state index in [-0.39, 0.29) is 0 Å². The number of aliphatic hydroxyl groups is 1. The molecule has 106 valence electrons. The molecule has 2 atom stereocenters. The van der Waals surface area contributed by atoms with Crippen molar-refractivity contribution in [3.05, 3.63) is 35.4 Å². The first-order chi connectivity index (χ1) is 8.87. The molecule has 1 aliphatic rings. The van der Waals surface area contributed by atoms with Gasteiger partial charge in [-0.2, -0.15) is 0 Å². The second-order valence-electron chi connectivity index (χ2n) is 7.14. The zero-order valence-corrected chi connectivity index (χ0v) is 12.9. The first-order valence-electron chi connectivity index (χ1n) is 7.69. The van der Waals surface area contributed by atoms with Crippen molar-refractivity contribution < 1.29 is 5.11 Å². The van der Waals surface area contributed by atoms with Crippen LogP contribution in [0.3, 0.4) is 0 Å². The number of aryl methyl sites for hydroxylation is 1. The predicted molar refractivity (Wildman–Crippen MR) is 81.1 cm³/mol. The van der Waals surface area contributed by atoms with Crippen LogP contribution in [-0.4, -0.2) is 5.11 Å². The van der Waals surface area contributed by atoms with Crippen LogP contribution in [0.5, 0.6) is 0 Å². The van der Waals surface area contributed by atoms with E-state index in [1.165, 1.54) is 12.0 Å². The minimum absolute atomic E-state index is 0.327. The fourth-order valence-corrected chi connectivity index (χ4v) is 3.55. The van der Waals surface area contributed by atoms with Crippen LogP contribution >= 0.6 is 0 Å². The zero-order chi connectivity index (χ0) is 14.1. The van der Waals surface area contributed by atoms with Crippen LogP contribution in [0, 0.1) is 11.3 Å². The summed E-state index contributed by atoms with van der Waals surface area (Å²) in [7, 11) is 0. The molecule has 0 saturated heterocycles. The smallest absolute Gasteiger partial charge is 0.0922 e. The Balaban J connectivity index is 2.20. The Morgan fingerprint density at radius 2 is 1.79 bits per heavy atom. The van der Waals surface area contributed by atoms with E-state index >= 15 is 0 Å². The summed E-state index contributed by atoms with van der Waals surface area (Å²) in [6, 6.07) is 8.65. The normalized spacial score (nSPS) is 30.3. The molecule has 1 aromatic rings. The Kier molecular flexibility index (Phi) is 4.06. The Bertz CT molecular complexity index is 418. The Labute approximate surface area is 118 Å². The monoisotopic (exact) mass is 260 g/mol. The van der Waals surface area contributed by atoms with Crippen molar-refractivity contribution in [2.75, 3.05) is 0 Å². The number of benzene rings is 1. The van der Waals surface area contributed by atoms with Gasteiger partial charge in [0.1, 0.15) is 0 Å². The SMILES string of the molecule is CCCc1ccc(C2(O)CCC(C)(C)CC2C)cc1. The van der Waals surface area contributed by atoms with E-state index < -0.39 is 5.60 Å². The first-order valence-corrected chi connectivity index (χ1v) is 7.69. The lowest BCUT2D eigenvalue weighted by molar-refractivity contribution is -0.0769. The van der Waals surface area contributed by atoms with E-state index in [1.807, 2.05) is 0 Å². The second-order valence-corrected chi connectivity index (χ2v) is 7.14. The van der Waals surface area contributed by atoms with Crippen LogP contribution < -0.4 is 0 Å². The minimum Gasteiger partial charge on any atom is -0.385 e. The van der Waals surface area contributed by atoms with Crippen LogP contribution in [0.25, 0.3) is 0 Å². The summed E-state index contributed by atoms with van der Waals surface area (Å²) in [5.41, 5.74) is 2.22. The first kappa shape index (κ1) is 14.6. The van der Waals surface area contributed by atoms with E-state index in [4.69, 9.17) is 0 Å². The highest BCUT2D eigenvalue weighted by atomic mass is 16.3. The van der Waals surface area contributed by atoms with Gasteiger partial charge >= 0.3 is 0 Å². The van der Waals surface area contributed by atoms with E-state index in [0.717, 1.165) is 31.2 Å². The van der Waals surface area contributed by atoms with Gasteiger partial charge in [-0.25, -0.2) is 0 Å². The van der Waals surface area contributed by atoms with Gasteiger partial charge in [-0.3, -0.25) is 0 Å². The molecule has 0 amide bonds. The number of hydrogen-bond acceptors (Lipinski definition) is 1. The third-order valence-corrected chi connectivity index (χ3v) is 4.85. The molecule has 19 heavy (non-hydrogen) atoms. The van der Waals surface area contributed by atoms with Crippen LogP contribution in [-0.2, 0) is 12.0 Å². The molecule has 0 bridgehead atoms. The second kappa shape index (κ2) is 5.28. The van der Waals surface area contributed by atoms with Gasteiger partial charge in [0.25, 0.3) is 0 Å². The van der Waals surface area contributed by atoms with Crippen molar-refractivity contribution in [1.29, 1.82) is 0 Å². The molecule has 2 unspecified atom stereocenters. The maximum Gasteiger partial charge on any atom is 0.0922 e. The molecule has 0 aliphatic heterocycles. The van der Waals surface area contributed by atoms with Crippen molar-refractivity contribution >= 4 is 0 Å². The van der Waals surface area contributed by atoms with Gasteiger partial charge in [0, 0.05) is 0 Å². The average molecular weight is 260 g/mol. The van der Waals surface area contributed by atoms with Gasteiger partial charge in [-0.1, -0.05) is 58.4 Å². The largest absolute Gasteiger partial charge is 0.385 e. The van der Waals surface area contributed by atoms with Crippen molar-refractivity contribution in [3.8, 4) is 0 Å². The summed E-state index contributed by atoms with van der Waals surface area (Å²) in [5, 5.41) is 11.1. The minimum atomic E-state index is -0.625. The van der Waals surface area contributed by atoms with Gasteiger partial charge in [0.2, 0.25) is 0 Å². The maximum atomic E-state index is 11.1. The lowest BCUT2D eigenvalue weighted by Gasteiger charge is -2.45. The molecule has 1 saturated carbocycles. The summed E-state index contributed by atoms with van der Waals surface area (Å²) in [6.45, 7) is 9.02. The third-order valence-electron chi connectivity index (χ3n) is 4.85. The Hall–Kier alpha value is -0.820. The maximum absolute atomic E-state index is 11.1. The summed E-state index contributed by atoms with van der Waals surface area (Å²) in [6.07, 6.45) is 5.38. The molecule has 0 radical (unpaired) electrons. The highest BCUT2D eigenvalue weighted by Gasteiger charge is 2.43.